The first-order valence-corrected chi connectivity index (χ1v) is 6.43. The standard InChI is InChI=1S/C11H12BrNO6/c12-2-1-9(15)11(17)8-4-7(13(18)19)3-6(5-14)10(8)16/h3-5,9,11,15-17H,1-2H2. The fourth-order valence-electron chi connectivity index (χ4n) is 1.56. The van der Waals surface area contributed by atoms with Crippen LogP contribution in [0, 0.1) is 10.1 Å². The maximum atomic E-state index is 10.7. The van der Waals surface area contributed by atoms with Gasteiger partial charge < -0.3 is 15.3 Å². The average Bonchev–Trinajstić information content (AvgIpc) is 2.38. The topological polar surface area (TPSA) is 121 Å². The molecule has 1 aromatic carbocycles. The Kier molecular flexibility index (Phi) is 5.40. The molecule has 0 saturated heterocycles. The molecular formula is C11H12BrNO6. The second-order valence-corrected chi connectivity index (χ2v) is 4.63. The second-order valence-electron chi connectivity index (χ2n) is 3.84. The lowest BCUT2D eigenvalue weighted by Crippen LogP contribution is -2.19. The van der Waals surface area contributed by atoms with Crippen LogP contribution in [0.25, 0.3) is 0 Å². The van der Waals surface area contributed by atoms with Gasteiger partial charge in [0.1, 0.15) is 11.9 Å². The smallest absolute Gasteiger partial charge is 0.270 e. The molecule has 2 unspecified atom stereocenters. The number of alkyl halides is 1. The Bertz CT molecular complexity index is 492. The molecule has 0 aliphatic heterocycles. The van der Waals surface area contributed by atoms with Gasteiger partial charge in [-0.2, -0.15) is 0 Å². The van der Waals surface area contributed by atoms with Crippen molar-refractivity contribution in [2.45, 2.75) is 18.6 Å². The third-order valence-corrected chi connectivity index (χ3v) is 3.04. The van der Waals surface area contributed by atoms with Crippen molar-refractivity contribution in [2.75, 3.05) is 5.33 Å². The first-order valence-electron chi connectivity index (χ1n) is 5.31. The number of non-ortho nitro benzene ring substituents is 1. The molecule has 0 fully saturated rings. The van der Waals surface area contributed by atoms with Crippen LogP contribution in [0.5, 0.6) is 5.75 Å². The predicted octanol–water partition coefficient (Wildman–Crippen LogP) is 1.29. The summed E-state index contributed by atoms with van der Waals surface area (Å²) in [4.78, 5) is 20.7. The fraction of sp³-hybridized carbons (Fsp3) is 0.364. The molecule has 2 atom stereocenters. The quantitative estimate of drug-likeness (QED) is 0.312. The summed E-state index contributed by atoms with van der Waals surface area (Å²) in [5, 5.41) is 40.4. The number of benzene rings is 1. The number of carbonyl (C=O) groups excluding carboxylic acids is 1. The van der Waals surface area contributed by atoms with E-state index in [1.165, 1.54) is 0 Å². The Hall–Kier alpha value is -1.51. The van der Waals surface area contributed by atoms with Crippen molar-refractivity contribution in [1.29, 1.82) is 0 Å². The molecule has 8 heteroatoms. The predicted molar refractivity (Wildman–Crippen MR) is 69.5 cm³/mol. The highest BCUT2D eigenvalue weighted by Crippen LogP contribution is 2.33. The van der Waals surface area contributed by atoms with E-state index in [9.17, 15) is 30.2 Å². The van der Waals surface area contributed by atoms with Crippen LogP contribution in [0.4, 0.5) is 5.69 Å². The van der Waals surface area contributed by atoms with Crippen LogP contribution >= 0.6 is 15.9 Å². The van der Waals surface area contributed by atoms with Crippen molar-refractivity contribution in [3.8, 4) is 5.75 Å². The summed E-state index contributed by atoms with van der Waals surface area (Å²) in [7, 11) is 0. The molecule has 0 aliphatic rings. The average molecular weight is 334 g/mol. The zero-order valence-electron chi connectivity index (χ0n) is 9.69. The lowest BCUT2D eigenvalue weighted by atomic mass is 9.98. The Labute approximate surface area is 116 Å². The van der Waals surface area contributed by atoms with Crippen LogP contribution in [0.15, 0.2) is 12.1 Å². The summed E-state index contributed by atoms with van der Waals surface area (Å²) < 4.78 is 0. The number of phenolic OH excluding ortho intramolecular Hbond substituents is 1. The number of rotatable bonds is 6. The number of aldehydes is 1. The molecule has 0 saturated carbocycles. The molecule has 3 N–H and O–H groups in total. The van der Waals surface area contributed by atoms with E-state index in [2.05, 4.69) is 15.9 Å². The third-order valence-electron chi connectivity index (χ3n) is 2.58. The van der Waals surface area contributed by atoms with Crippen molar-refractivity contribution < 1.29 is 25.0 Å². The van der Waals surface area contributed by atoms with E-state index in [1.54, 1.807) is 0 Å². The molecule has 104 valence electrons. The van der Waals surface area contributed by atoms with E-state index >= 15 is 0 Å². The molecular weight excluding hydrogens is 322 g/mol. The Morgan fingerprint density at radius 3 is 2.53 bits per heavy atom. The number of nitro groups is 1. The van der Waals surface area contributed by atoms with Gasteiger partial charge in [0.05, 0.1) is 16.6 Å². The summed E-state index contributed by atoms with van der Waals surface area (Å²) in [6, 6.07) is 1.83. The van der Waals surface area contributed by atoms with E-state index in [1.807, 2.05) is 0 Å². The number of aromatic hydroxyl groups is 1. The zero-order valence-corrected chi connectivity index (χ0v) is 11.3. The van der Waals surface area contributed by atoms with Crippen LogP contribution < -0.4 is 0 Å². The Morgan fingerprint density at radius 2 is 2.05 bits per heavy atom. The first-order chi connectivity index (χ1) is 8.92. The highest BCUT2D eigenvalue weighted by Gasteiger charge is 2.25. The summed E-state index contributed by atoms with van der Waals surface area (Å²) in [6.07, 6.45) is -2.31. The van der Waals surface area contributed by atoms with E-state index in [4.69, 9.17) is 0 Å². The largest absolute Gasteiger partial charge is 0.507 e. The molecule has 0 aromatic heterocycles. The number of aliphatic hydroxyl groups excluding tert-OH is 2. The van der Waals surface area contributed by atoms with Gasteiger partial charge in [0.15, 0.2) is 6.29 Å². The Balaban J connectivity index is 3.28. The Morgan fingerprint density at radius 1 is 1.42 bits per heavy atom. The lowest BCUT2D eigenvalue weighted by Gasteiger charge is -2.18. The minimum Gasteiger partial charge on any atom is -0.507 e. The maximum Gasteiger partial charge on any atom is 0.270 e. The highest BCUT2D eigenvalue weighted by atomic mass is 79.9. The number of nitro benzene ring substituents is 1. The maximum absolute atomic E-state index is 10.7. The van der Waals surface area contributed by atoms with Crippen LogP contribution in [0.3, 0.4) is 0 Å². The van der Waals surface area contributed by atoms with Crippen LogP contribution in [-0.2, 0) is 0 Å². The summed E-state index contributed by atoms with van der Waals surface area (Å²) in [5.41, 5.74) is -1.00. The minimum absolute atomic E-state index is 0.180. The summed E-state index contributed by atoms with van der Waals surface area (Å²) in [6.45, 7) is 0. The van der Waals surface area contributed by atoms with Crippen molar-refractivity contribution >= 4 is 27.9 Å². The van der Waals surface area contributed by atoms with Gasteiger partial charge in [-0.25, -0.2) is 0 Å². The molecule has 0 spiro atoms. The van der Waals surface area contributed by atoms with Gasteiger partial charge >= 0.3 is 0 Å². The number of hydrogen-bond acceptors (Lipinski definition) is 6. The number of aliphatic hydroxyl groups is 2. The minimum atomic E-state index is -1.52. The number of hydrogen-bond donors (Lipinski definition) is 3. The third kappa shape index (κ3) is 3.49. The SMILES string of the molecule is O=Cc1cc([N+](=O)[O-])cc(C(O)C(O)CCBr)c1O. The molecule has 1 aromatic rings. The van der Waals surface area contributed by atoms with Gasteiger partial charge in [-0.05, 0) is 6.42 Å². The van der Waals surface area contributed by atoms with E-state index in [0.717, 1.165) is 12.1 Å². The normalized spacial score (nSPS) is 13.8. The highest BCUT2D eigenvalue weighted by molar-refractivity contribution is 9.09. The van der Waals surface area contributed by atoms with Crippen molar-refractivity contribution in [1.82, 2.24) is 0 Å². The number of carbonyl (C=O) groups is 1. The molecule has 0 amide bonds. The van der Waals surface area contributed by atoms with E-state index in [0.29, 0.717) is 5.33 Å². The second kappa shape index (κ2) is 6.60. The molecule has 0 radical (unpaired) electrons. The number of phenols is 1. The molecule has 0 aliphatic carbocycles. The van der Waals surface area contributed by atoms with Gasteiger partial charge in [0.2, 0.25) is 0 Å². The van der Waals surface area contributed by atoms with Gasteiger partial charge in [0.25, 0.3) is 5.69 Å². The van der Waals surface area contributed by atoms with Gasteiger partial charge in [-0.3, -0.25) is 14.9 Å². The van der Waals surface area contributed by atoms with Gasteiger partial charge in [-0.15, -0.1) is 0 Å². The summed E-state index contributed by atoms with van der Waals surface area (Å²) in [5.74, 6) is -0.568. The van der Waals surface area contributed by atoms with Crippen LogP contribution in [0.1, 0.15) is 28.4 Å². The number of nitrogens with zero attached hydrogens (tertiary/aromatic N) is 1. The molecule has 7 nitrogen and oxygen atoms in total. The first kappa shape index (κ1) is 15.5. The van der Waals surface area contributed by atoms with Crippen molar-refractivity contribution in [3.05, 3.63) is 33.4 Å². The lowest BCUT2D eigenvalue weighted by molar-refractivity contribution is -0.385. The van der Waals surface area contributed by atoms with Gasteiger partial charge in [-0.1, -0.05) is 15.9 Å². The van der Waals surface area contributed by atoms with Crippen molar-refractivity contribution in [2.24, 2.45) is 0 Å². The monoisotopic (exact) mass is 333 g/mol. The van der Waals surface area contributed by atoms with Crippen LogP contribution in [0.2, 0.25) is 0 Å². The van der Waals surface area contributed by atoms with Gasteiger partial charge in [0, 0.05) is 23.0 Å². The molecule has 0 heterocycles. The van der Waals surface area contributed by atoms with Crippen molar-refractivity contribution in [3.63, 3.8) is 0 Å². The summed E-state index contributed by atoms with van der Waals surface area (Å²) >= 11 is 3.08. The molecule has 0 bridgehead atoms. The van der Waals surface area contributed by atoms with E-state index < -0.39 is 28.6 Å². The molecule has 1 rings (SSSR count). The number of halogens is 1. The molecule has 19 heavy (non-hydrogen) atoms. The van der Waals surface area contributed by atoms with Crippen LogP contribution in [-0.4, -0.2) is 38.0 Å². The zero-order chi connectivity index (χ0) is 14.6. The fourth-order valence-corrected chi connectivity index (χ4v) is 2.03. The van der Waals surface area contributed by atoms with E-state index in [-0.39, 0.29) is 23.8 Å².